The first-order valence-electron chi connectivity index (χ1n) is 12.0. The molecular formula is C32H28O8. The summed E-state index contributed by atoms with van der Waals surface area (Å²) >= 11 is 0. The fourth-order valence-electron chi connectivity index (χ4n) is 3.46. The van der Waals surface area contributed by atoms with E-state index in [2.05, 4.69) is 13.2 Å². The predicted octanol–water partition coefficient (Wildman–Crippen LogP) is 6.62. The van der Waals surface area contributed by atoms with Gasteiger partial charge in [-0.2, -0.15) is 0 Å². The van der Waals surface area contributed by atoms with E-state index in [1.165, 1.54) is 36.4 Å². The molecule has 0 bridgehead atoms. The maximum Gasteiger partial charge on any atom is 0.339 e. The largest absolute Gasteiger partial charge is 0.507 e. The van der Waals surface area contributed by atoms with Gasteiger partial charge in [-0.1, -0.05) is 67.8 Å². The standard InChI is InChI=1S/2C16H14O4/c1-2-11-3-5-12(6-4-11)10-20-13-7-8-14(16(18)19)15(17)9-13;1-2-11-4-3-5-12(8-11)10-20-13-6-7-14(16(18)19)15(17)9-13/h2*2-9,17H,1,10H2,(H,18,19). The molecule has 0 spiro atoms. The normalized spacial score (nSPS) is 10.0. The molecule has 0 fully saturated rings. The zero-order chi connectivity index (χ0) is 29.1. The molecule has 8 heteroatoms. The number of carboxylic acid groups (broad SMARTS) is 2. The number of carboxylic acids is 2. The van der Waals surface area contributed by atoms with Crippen LogP contribution in [0.3, 0.4) is 0 Å². The van der Waals surface area contributed by atoms with Gasteiger partial charge >= 0.3 is 11.9 Å². The minimum atomic E-state index is -1.17. The minimum Gasteiger partial charge on any atom is -0.507 e. The van der Waals surface area contributed by atoms with Crippen molar-refractivity contribution in [3.63, 3.8) is 0 Å². The van der Waals surface area contributed by atoms with Crippen molar-refractivity contribution in [1.82, 2.24) is 0 Å². The van der Waals surface area contributed by atoms with Gasteiger partial charge in [0.15, 0.2) is 0 Å². The number of aromatic carboxylic acids is 2. The lowest BCUT2D eigenvalue weighted by Gasteiger charge is -2.08. The number of ether oxygens (including phenoxy) is 2. The summed E-state index contributed by atoms with van der Waals surface area (Å²) in [7, 11) is 0. The van der Waals surface area contributed by atoms with E-state index in [0.717, 1.165) is 22.3 Å². The Morgan fingerprint density at radius 2 is 1.12 bits per heavy atom. The smallest absolute Gasteiger partial charge is 0.339 e. The first-order chi connectivity index (χ1) is 19.2. The number of carbonyl (C=O) groups is 2. The Morgan fingerprint density at radius 3 is 1.57 bits per heavy atom. The Hall–Kier alpha value is -5.50. The summed E-state index contributed by atoms with van der Waals surface area (Å²) in [5.41, 5.74) is 3.66. The van der Waals surface area contributed by atoms with Gasteiger partial charge in [0, 0.05) is 12.1 Å². The highest BCUT2D eigenvalue weighted by molar-refractivity contribution is 5.91. The van der Waals surface area contributed by atoms with Gasteiger partial charge in [0.1, 0.15) is 47.3 Å². The second-order valence-corrected chi connectivity index (χ2v) is 8.44. The highest BCUT2D eigenvalue weighted by Crippen LogP contribution is 2.25. The average Bonchev–Trinajstić information content (AvgIpc) is 2.95. The maximum atomic E-state index is 10.8. The van der Waals surface area contributed by atoms with E-state index in [-0.39, 0.29) is 22.6 Å². The van der Waals surface area contributed by atoms with Crippen LogP contribution in [0.5, 0.6) is 23.0 Å². The number of benzene rings is 4. The fraction of sp³-hybridized carbons (Fsp3) is 0.0625. The molecule has 0 aliphatic carbocycles. The van der Waals surface area contributed by atoms with Crippen molar-refractivity contribution in [2.75, 3.05) is 0 Å². The SMILES string of the molecule is C=Cc1ccc(COc2ccc(C(=O)O)c(O)c2)cc1.C=Cc1cccc(COc2ccc(C(=O)O)c(O)c2)c1. The lowest BCUT2D eigenvalue weighted by Crippen LogP contribution is -1.99. The molecule has 0 aliphatic rings. The Morgan fingerprint density at radius 1 is 0.625 bits per heavy atom. The molecule has 8 nitrogen and oxygen atoms in total. The highest BCUT2D eigenvalue weighted by atomic mass is 16.5. The predicted molar refractivity (Wildman–Crippen MR) is 152 cm³/mol. The molecule has 0 aliphatic heterocycles. The van der Waals surface area contributed by atoms with Gasteiger partial charge in [0.05, 0.1) is 0 Å². The quantitative estimate of drug-likeness (QED) is 0.176. The number of aromatic hydroxyl groups is 2. The molecule has 204 valence electrons. The van der Waals surface area contributed by atoms with Crippen molar-refractivity contribution in [2.24, 2.45) is 0 Å². The van der Waals surface area contributed by atoms with Crippen molar-refractivity contribution in [2.45, 2.75) is 13.2 Å². The van der Waals surface area contributed by atoms with E-state index in [9.17, 15) is 19.8 Å². The number of phenols is 2. The molecule has 40 heavy (non-hydrogen) atoms. The van der Waals surface area contributed by atoms with E-state index >= 15 is 0 Å². The van der Waals surface area contributed by atoms with Crippen LogP contribution in [-0.4, -0.2) is 32.4 Å². The van der Waals surface area contributed by atoms with E-state index < -0.39 is 11.9 Å². The third kappa shape index (κ3) is 8.26. The second kappa shape index (κ2) is 13.9. The van der Waals surface area contributed by atoms with Gasteiger partial charge in [-0.25, -0.2) is 9.59 Å². The molecular weight excluding hydrogens is 512 g/mol. The van der Waals surface area contributed by atoms with Gasteiger partial charge in [-0.05, 0) is 52.6 Å². The lowest BCUT2D eigenvalue weighted by molar-refractivity contribution is 0.0682. The third-order valence-electron chi connectivity index (χ3n) is 5.61. The van der Waals surface area contributed by atoms with Crippen molar-refractivity contribution in [1.29, 1.82) is 0 Å². The van der Waals surface area contributed by atoms with Gasteiger partial charge in [0.25, 0.3) is 0 Å². The molecule has 4 aromatic carbocycles. The van der Waals surface area contributed by atoms with E-state index in [1.807, 2.05) is 48.5 Å². The molecule has 4 N–H and O–H groups in total. The summed E-state index contributed by atoms with van der Waals surface area (Å²) in [4.78, 5) is 21.5. The summed E-state index contributed by atoms with van der Waals surface area (Å²) < 4.78 is 11.0. The second-order valence-electron chi connectivity index (χ2n) is 8.44. The number of rotatable bonds is 10. The zero-order valence-electron chi connectivity index (χ0n) is 21.5. The summed E-state index contributed by atoms with van der Waals surface area (Å²) in [6.07, 6.45) is 3.50. The van der Waals surface area contributed by atoms with E-state index in [1.54, 1.807) is 12.2 Å². The topological polar surface area (TPSA) is 134 Å². The molecule has 0 unspecified atom stereocenters. The maximum absolute atomic E-state index is 10.8. The molecule has 0 aromatic heterocycles. The summed E-state index contributed by atoms with van der Waals surface area (Å²) in [5.74, 6) is -2.13. The van der Waals surface area contributed by atoms with Crippen molar-refractivity contribution in [3.05, 3.63) is 131 Å². The van der Waals surface area contributed by atoms with Crippen molar-refractivity contribution < 1.29 is 39.5 Å². The van der Waals surface area contributed by atoms with Crippen LogP contribution >= 0.6 is 0 Å². The Labute approximate surface area is 231 Å². The molecule has 4 aromatic rings. The van der Waals surface area contributed by atoms with E-state index in [4.69, 9.17) is 19.7 Å². The number of hydrogen-bond donors (Lipinski definition) is 4. The first kappa shape index (κ1) is 29.1. The highest BCUT2D eigenvalue weighted by Gasteiger charge is 2.11. The molecule has 0 heterocycles. The fourth-order valence-corrected chi connectivity index (χ4v) is 3.46. The molecule has 0 radical (unpaired) electrons. The van der Waals surface area contributed by atoms with Crippen LogP contribution in [0.1, 0.15) is 43.0 Å². The lowest BCUT2D eigenvalue weighted by atomic mass is 10.1. The average molecular weight is 541 g/mol. The Kier molecular flexibility index (Phi) is 10.1. The molecule has 4 rings (SSSR count). The van der Waals surface area contributed by atoms with Crippen LogP contribution in [0.4, 0.5) is 0 Å². The van der Waals surface area contributed by atoms with Crippen molar-refractivity contribution >= 4 is 24.1 Å². The van der Waals surface area contributed by atoms with Crippen LogP contribution in [0.2, 0.25) is 0 Å². The van der Waals surface area contributed by atoms with Gasteiger partial charge in [0.2, 0.25) is 0 Å². The Bertz CT molecular complexity index is 1510. The summed E-state index contributed by atoms with van der Waals surface area (Å²) in [6, 6.07) is 23.6. The van der Waals surface area contributed by atoms with Crippen LogP contribution in [0.25, 0.3) is 12.2 Å². The van der Waals surface area contributed by atoms with Crippen molar-refractivity contribution in [3.8, 4) is 23.0 Å². The monoisotopic (exact) mass is 540 g/mol. The Balaban J connectivity index is 0.000000220. The minimum absolute atomic E-state index is 0.146. The summed E-state index contributed by atoms with van der Waals surface area (Å²) in [5, 5.41) is 36.7. The molecule has 0 saturated carbocycles. The van der Waals surface area contributed by atoms with Gasteiger partial charge < -0.3 is 29.9 Å². The van der Waals surface area contributed by atoms with E-state index in [0.29, 0.717) is 24.7 Å². The van der Waals surface area contributed by atoms with Crippen LogP contribution in [0.15, 0.2) is 98.1 Å². The van der Waals surface area contributed by atoms with Crippen LogP contribution in [-0.2, 0) is 13.2 Å². The molecule has 0 saturated heterocycles. The van der Waals surface area contributed by atoms with Crippen LogP contribution < -0.4 is 9.47 Å². The summed E-state index contributed by atoms with van der Waals surface area (Å²) in [6.45, 7) is 8.04. The first-order valence-corrected chi connectivity index (χ1v) is 12.0. The zero-order valence-corrected chi connectivity index (χ0v) is 21.5. The number of hydrogen-bond acceptors (Lipinski definition) is 6. The third-order valence-corrected chi connectivity index (χ3v) is 5.61. The molecule has 0 atom stereocenters. The van der Waals surface area contributed by atoms with Gasteiger partial charge in [-0.3, -0.25) is 0 Å². The molecule has 0 amide bonds. The van der Waals surface area contributed by atoms with Crippen LogP contribution in [0, 0.1) is 0 Å². The van der Waals surface area contributed by atoms with Gasteiger partial charge in [-0.15, -0.1) is 0 Å².